The van der Waals surface area contributed by atoms with E-state index in [1.54, 1.807) is 12.1 Å². The monoisotopic (exact) mass is 382 g/mol. The Morgan fingerprint density at radius 2 is 1.71 bits per heavy atom. The molecule has 0 spiro atoms. The van der Waals surface area contributed by atoms with Gasteiger partial charge in [-0.15, -0.1) is 0 Å². The van der Waals surface area contributed by atoms with Crippen LogP contribution in [-0.4, -0.2) is 16.9 Å². The normalized spacial score (nSPS) is 10.8. The van der Waals surface area contributed by atoms with Gasteiger partial charge in [0.05, 0.1) is 6.42 Å². The van der Waals surface area contributed by atoms with E-state index in [0.29, 0.717) is 16.7 Å². The predicted molar refractivity (Wildman–Crippen MR) is 96.7 cm³/mol. The van der Waals surface area contributed by atoms with Crippen molar-refractivity contribution in [1.82, 2.24) is 0 Å². The molecule has 1 aromatic rings. The highest BCUT2D eigenvalue weighted by Gasteiger charge is 2.26. The van der Waals surface area contributed by atoms with Crippen LogP contribution in [0.25, 0.3) is 11.1 Å². The molecule has 0 radical (unpaired) electrons. The molecule has 0 heterocycles. The molecule has 2 aliphatic rings. The van der Waals surface area contributed by atoms with Gasteiger partial charge in [0, 0.05) is 15.6 Å². The van der Waals surface area contributed by atoms with Crippen LogP contribution in [0.3, 0.4) is 0 Å². The third-order valence-corrected chi connectivity index (χ3v) is 4.60. The lowest BCUT2D eigenvalue weighted by Crippen LogP contribution is -2.04. The molecule has 0 saturated heterocycles. The number of carboxylic acids is 1. The van der Waals surface area contributed by atoms with Gasteiger partial charge in [-0.25, -0.2) is 0 Å². The molecule has 0 aromatic heterocycles. The first-order valence-corrected chi connectivity index (χ1v) is 8.30. The van der Waals surface area contributed by atoms with Gasteiger partial charge in [0.2, 0.25) is 0 Å². The van der Waals surface area contributed by atoms with E-state index in [0.717, 1.165) is 21.2 Å². The van der Waals surface area contributed by atoms with Gasteiger partial charge in [-0.3, -0.25) is 9.59 Å². The summed E-state index contributed by atoms with van der Waals surface area (Å²) < 4.78 is 0.832. The lowest BCUT2D eigenvalue weighted by molar-refractivity contribution is -0.136. The summed E-state index contributed by atoms with van der Waals surface area (Å²) in [6.45, 7) is 1.82. The minimum Gasteiger partial charge on any atom is -0.481 e. The Labute approximate surface area is 148 Å². The van der Waals surface area contributed by atoms with Gasteiger partial charge in [0.1, 0.15) is 0 Å². The number of ketones is 1. The number of hydrogen-bond donors (Lipinski definition) is 1. The first-order valence-electron chi connectivity index (χ1n) is 7.51. The van der Waals surface area contributed by atoms with E-state index in [2.05, 4.69) is 15.9 Å². The highest BCUT2D eigenvalue weighted by Crippen LogP contribution is 2.37. The molecular weight excluding hydrogens is 368 g/mol. The molecule has 24 heavy (non-hydrogen) atoms. The number of hydrogen-bond acceptors (Lipinski definition) is 2. The Morgan fingerprint density at radius 1 is 1.00 bits per heavy atom. The van der Waals surface area contributed by atoms with Gasteiger partial charge in [0.15, 0.2) is 5.78 Å². The number of benzene rings is 1. The van der Waals surface area contributed by atoms with E-state index in [1.807, 2.05) is 49.4 Å². The maximum absolute atomic E-state index is 13.1. The van der Waals surface area contributed by atoms with E-state index >= 15 is 0 Å². The van der Waals surface area contributed by atoms with Gasteiger partial charge >= 0.3 is 5.97 Å². The molecule has 1 N–H and O–H groups in total. The number of rotatable bonds is 4. The Kier molecular flexibility index (Phi) is 4.49. The molecule has 0 fully saturated rings. The molecule has 2 aliphatic carbocycles. The van der Waals surface area contributed by atoms with Crippen molar-refractivity contribution in [2.75, 3.05) is 0 Å². The summed E-state index contributed by atoms with van der Waals surface area (Å²) in [6.07, 6.45) is -0.0991. The molecule has 0 atom stereocenters. The molecule has 3 rings (SSSR count). The lowest BCUT2D eigenvalue weighted by Gasteiger charge is -2.04. The maximum atomic E-state index is 13.1. The maximum Gasteiger partial charge on any atom is 0.307 e. The zero-order chi connectivity index (χ0) is 17.3. The Hall–Kier alpha value is -2.46. The first kappa shape index (κ1) is 16.4. The van der Waals surface area contributed by atoms with Crippen LogP contribution in [0.2, 0.25) is 0 Å². The molecule has 0 amide bonds. The van der Waals surface area contributed by atoms with Crippen LogP contribution in [0.1, 0.15) is 27.0 Å². The molecule has 4 heteroatoms. The number of fused-ring (bicyclic) bond motifs is 1. The average Bonchev–Trinajstić information content (AvgIpc) is 2.70. The zero-order valence-electron chi connectivity index (χ0n) is 13.0. The molecular formula is C20H15BrO3. The summed E-state index contributed by atoms with van der Waals surface area (Å²) >= 11 is 3.39. The number of halogens is 1. The van der Waals surface area contributed by atoms with Crippen LogP contribution in [0.5, 0.6) is 0 Å². The van der Waals surface area contributed by atoms with Crippen LogP contribution < -0.4 is 0 Å². The topological polar surface area (TPSA) is 54.4 Å². The minimum absolute atomic E-state index is 0.0957. The standard InChI is InChI=1S/C20H15BrO3/c1-12-17(11-18(22)23)15-8-3-2-4-9-16(15)19(12)20(24)13-6-5-7-14(21)10-13/h2-10H,11H2,1H3,(H,22,23). The summed E-state index contributed by atoms with van der Waals surface area (Å²) in [7, 11) is 0. The highest BCUT2D eigenvalue weighted by atomic mass is 79.9. The second-order valence-corrected chi connectivity index (χ2v) is 6.54. The fourth-order valence-electron chi connectivity index (χ4n) is 3.03. The SMILES string of the molecule is Cc1c(CC(=O)O)c2cccccc-2c1C(=O)c1cccc(Br)c1. The third kappa shape index (κ3) is 2.97. The molecule has 0 aliphatic heterocycles. The number of carboxylic acid groups (broad SMARTS) is 1. The predicted octanol–water partition coefficient (Wildman–Crippen LogP) is 4.72. The van der Waals surface area contributed by atoms with Crippen molar-refractivity contribution in [3.63, 3.8) is 0 Å². The van der Waals surface area contributed by atoms with Gasteiger partial charge in [-0.2, -0.15) is 0 Å². The molecule has 0 bridgehead atoms. The van der Waals surface area contributed by atoms with E-state index in [1.165, 1.54) is 0 Å². The van der Waals surface area contributed by atoms with Crippen molar-refractivity contribution in [3.8, 4) is 11.1 Å². The molecule has 3 nitrogen and oxygen atoms in total. The average molecular weight is 383 g/mol. The zero-order valence-corrected chi connectivity index (χ0v) is 14.6. The fraction of sp³-hybridized carbons (Fsp3) is 0.100. The van der Waals surface area contributed by atoms with Crippen molar-refractivity contribution >= 4 is 27.7 Å². The molecule has 1 aromatic carbocycles. The summed E-state index contributed by atoms with van der Waals surface area (Å²) in [5.74, 6) is -1.00. The molecule has 120 valence electrons. The Morgan fingerprint density at radius 3 is 2.38 bits per heavy atom. The second-order valence-electron chi connectivity index (χ2n) is 5.63. The van der Waals surface area contributed by atoms with E-state index in [9.17, 15) is 14.7 Å². The van der Waals surface area contributed by atoms with E-state index in [-0.39, 0.29) is 12.2 Å². The van der Waals surface area contributed by atoms with Gasteiger partial charge in [0.25, 0.3) is 0 Å². The summed E-state index contributed by atoms with van der Waals surface area (Å²) in [5.41, 5.74) is 4.20. The lowest BCUT2D eigenvalue weighted by atomic mass is 9.99. The Balaban J connectivity index is 2.23. The second kappa shape index (κ2) is 6.57. The number of aliphatic carboxylic acids is 1. The molecule has 0 saturated carbocycles. The van der Waals surface area contributed by atoms with Crippen LogP contribution in [0.15, 0.2) is 59.1 Å². The first-order chi connectivity index (χ1) is 11.5. The fourth-order valence-corrected chi connectivity index (χ4v) is 3.43. The van der Waals surface area contributed by atoms with Crippen molar-refractivity contribution < 1.29 is 14.7 Å². The van der Waals surface area contributed by atoms with Gasteiger partial charge in [-0.1, -0.05) is 58.4 Å². The van der Waals surface area contributed by atoms with E-state index in [4.69, 9.17) is 0 Å². The van der Waals surface area contributed by atoms with Crippen molar-refractivity contribution in [2.45, 2.75) is 13.3 Å². The number of carbonyl (C=O) groups excluding carboxylic acids is 1. The number of carbonyl (C=O) groups is 2. The smallest absolute Gasteiger partial charge is 0.307 e. The van der Waals surface area contributed by atoms with Gasteiger partial charge < -0.3 is 5.11 Å². The summed E-state index contributed by atoms with van der Waals surface area (Å²) in [6, 6.07) is 16.6. The van der Waals surface area contributed by atoms with Crippen molar-refractivity contribution in [2.24, 2.45) is 0 Å². The Bertz CT molecular complexity index is 915. The van der Waals surface area contributed by atoms with E-state index < -0.39 is 5.97 Å². The van der Waals surface area contributed by atoms with Crippen LogP contribution in [0, 0.1) is 6.92 Å². The largest absolute Gasteiger partial charge is 0.481 e. The summed E-state index contributed by atoms with van der Waals surface area (Å²) in [5, 5.41) is 9.22. The highest BCUT2D eigenvalue weighted by molar-refractivity contribution is 9.10. The van der Waals surface area contributed by atoms with Crippen LogP contribution in [-0.2, 0) is 11.2 Å². The minimum atomic E-state index is -0.905. The van der Waals surface area contributed by atoms with Gasteiger partial charge in [-0.05, 0) is 41.3 Å². The van der Waals surface area contributed by atoms with Crippen LogP contribution >= 0.6 is 15.9 Å². The molecule has 0 unspecified atom stereocenters. The van der Waals surface area contributed by atoms with Crippen LogP contribution in [0.4, 0.5) is 0 Å². The third-order valence-electron chi connectivity index (χ3n) is 4.10. The summed E-state index contributed by atoms with van der Waals surface area (Å²) in [4.78, 5) is 24.3. The van der Waals surface area contributed by atoms with Crippen molar-refractivity contribution in [3.05, 3.63) is 81.3 Å². The van der Waals surface area contributed by atoms with Crippen molar-refractivity contribution in [1.29, 1.82) is 0 Å². The quantitative estimate of drug-likeness (QED) is 0.664.